The van der Waals surface area contributed by atoms with Gasteiger partial charge in [-0.3, -0.25) is 9.48 Å². The second-order valence-electron chi connectivity index (χ2n) is 3.95. The Labute approximate surface area is 109 Å². The van der Waals surface area contributed by atoms with Crippen LogP contribution in [0.25, 0.3) is 0 Å². The van der Waals surface area contributed by atoms with Crippen molar-refractivity contribution in [2.45, 2.75) is 20.4 Å². The van der Waals surface area contributed by atoms with Gasteiger partial charge in [-0.25, -0.2) is 4.39 Å². The normalized spacial score (nSPS) is 10.7. The third-order valence-corrected chi connectivity index (χ3v) is 3.01. The maximum Gasteiger partial charge on any atom is 0.212 e. The number of aryl methyl sites for hydroxylation is 2. The van der Waals surface area contributed by atoms with Gasteiger partial charge < -0.3 is 0 Å². The van der Waals surface area contributed by atoms with Crippen LogP contribution in [0.1, 0.15) is 28.5 Å². The van der Waals surface area contributed by atoms with Crippen molar-refractivity contribution >= 4 is 17.4 Å². The third kappa shape index (κ3) is 2.16. The molecule has 1 heterocycles. The van der Waals surface area contributed by atoms with Crippen LogP contribution in [0.2, 0.25) is 5.02 Å². The van der Waals surface area contributed by atoms with Gasteiger partial charge in [0, 0.05) is 12.1 Å². The standard InChI is InChI=1S/C13H12ClFN2O/c1-3-17-12(10(14)7-16-17)13(18)9-4-5-11(15)8(2)6-9/h4-7H,3H2,1-2H3. The first-order chi connectivity index (χ1) is 8.54. The first-order valence-electron chi connectivity index (χ1n) is 5.56. The van der Waals surface area contributed by atoms with Crippen LogP contribution in [-0.2, 0) is 6.54 Å². The summed E-state index contributed by atoms with van der Waals surface area (Å²) >= 11 is 5.96. The summed E-state index contributed by atoms with van der Waals surface area (Å²) in [6, 6.07) is 4.25. The Morgan fingerprint density at radius 3 is 2.83 bits per heavy atom. The van der Waals surface area contributed by atoms with Gasteiger partial charge in [0.1, 0.15) is 11.5 Å². The Morgan fingerprint density at radius 1 is 1.50 bits per heavy atom. The fourth-order valence-corrected chi connectivity index (χ4v) is 1.98. The molecule has 1 aromatic heterocycles. The largest absolute Gasteiger partial charge is 0.287 e. The van der Waals surface area contributed by atoms with Gasteiger partial charge in [0.05, 0.1) is 11.2 Å². The maximum atomic E-state index is 13.2. The van der Waals surface area contributed by atoms with Crippen molar-refractivity contribution in [3.8, 4) is 0 Å². The predicted octanol–water partition coefficient (Wildman–Crippen LogP) is 3.23. The van der Waals surface area contributed by atoms with E-state index in [0.717, 1.165) is 0 Å². The number of carbonyl (C=O) groups is 1. The molecule has 0 spiro atoms. The molecule has 94 valence electrons. The molecule has 18 heavy (non-hydrogen) atoms. The number of carbonyl (C=O) groups excluding carboxylic acids is 1. The number of aromatic nitrogens is 2. The van der Waals surface area contributed by atoms with Gasteiger partial charge in [-0.05, 0) is 37.6 Å². The van der Waals surface area contributed by atoms with Gasteiger partial charge in [-0.2, -0.15) is 5.10 Å². The molecule has 0 unspecified atom stereocenters. The van der Waals surface area contributed by atoms with Crippen LogP contribution in [0.3, 0.4) is 0 Å². The van der Waals surface area contributed by atoms with E-state index in [0.29, 0.717) is 28.4 Å². The summed E-state index contributed by atoms with van der Waals surface area (Å²) in [5, 5.41) is 4.32. The minimum atomic E-state index is -0.332. The van der Waals surface area contributed by atoms with Crippen LogP contribution >= 0.6 is 11.6 Å². The predicted molar refractivity (Wildman–Crippen MR) is 67.5 cm³/mol. The Bertz CT molecular complexity index is 607. The Morgan fingerprint density at radius 2 is 2.22 bits per heavy atom. The number of hydrogen-bond acceptors (Lipinski definition) is 2. The molecule has 5 heteroatoms. The molecule has 0 saturated heterocycles. The third-order valence-electron chi connectivity index (χ3n) is 2.73. The second-order valence-corrected chi connectivity index (χ2v) is 4.36. The molecule has 0 N–H and O–H groups in total. The van der Waals surface area contributed by atoms with Crippen molar-refractivity contribution in [2.75, 3.05) is 0 Å². The van der Waals surface area contributed by atoms with Gasteiger partial charge in [0.2, 0.25) is 5.78 Å². The van der Waals surface area contributed by atoms with Crippen molar-refractivity contribution in [1.29, 1.82) is 0 Å². The maximum absolute atomic E-state index is 13.2. The molecule has 0 amide bonds. The van der Waals surface area contributed by atoms with Gasteiger partial charge in [-0.1, -0.05) is 11.6 Å². The fraction of sp³-hybridized carbons (Fsp3) is 0.231. The van der Waals surface area contributed by atoms with E-state index in [2.05, 4.69) is 5.10 Å². The molecule has 0 atom stereocenters. The van der Waals surface area contributed by atoms with Crippen LogP contribution in [0.4, 0.5) is 4.39 Å². The van der Waals surface area contributed by atoms with Crippen LogP contribution in [0.5, 0.6) is 0 Å². The first kappa shape index (κ1) is 12.8. The highest BCUT2D eigenvalue weighted by Gasteiger charge is 2.19. The molecular formula is C13H12ClFN2O. The highest BCUT2D eigenvalue weighted by atomic mass is 35.5. The lowest BCUT2D eigenvalue weighted by molar-refractivity contribution is 0.102. The van der Waals surface area contributed by atoms with Crippen LogP contribution < -0.4 is 0 Å². The van der Waals surface area contributed by atoms with E-state index < -0.39 is 0 Å². The van der Waals surface area contributed by atoms with Gasteiger partial charge in [-0.15, -0.1) is 0 Å². The van der Waals surface area contributed by atoms with E-state index in [1.807, 2.05) is 6.92 Å². The Balaban J connectivity index is 2.47. The lowest BCUT2D eigenvalue weighted by atomic mass is 10.1. The summed E-state index contributed by atoms with van der Waals surface area (Å²) in [5.41, 5.74) is 1.18. The van der Waals surface area contributed by atoms with Crippen LogP contribution in [0.15, 0.2) is 24.4 Å². The topological polar surface area (TPSA) is 34.9 Å². The molecule has 0 bridgehead atoms. The van der Waals surface area contributed by atoms with E-state index in [4.69, 9.17) is 11.6 Å². The highest BCUT2D eigenvalue weighted by Crippen LogP contribution is 2.20. The first-order valence-corrected chi connectivity index (χ1v) is 5.94. The number of halogens is 2. The van der Waals surface area contributed by atoms with Gasteiger partial charge >= 0.3 is 0 Å². The fourth-order valence-electron chi connectivity index (χ4n) is 1.75. The summed E-state index contributed by atoms with van der Waals surface area (Å²) < 4.78 is 14.7. The molecule has 0 aliphatic heterocycles. The Kier molecular flexibility index (Phi) is 3.48. The average Bonchev–Trinajstić information content (AvgIpc) is 2.73. The van der Waals surface area contributed by atoms with E-state index in [-0.39, 0.29) is 11.6 Å². The lowest BCUT2D eigenvalue weighted by Gasteiger charge is -2.06. The molecule has 2 rings (SSSR count). The van der Waals surface area contributed by atoms with Crippen molar-refractivity contribution < 1.29 is 9.18 Å². The lowest BCUT2D eigenvalue weighted by Crippen LogP contribution is -2.11. The minimum Gasteiger partial charge on any atom is -0.287 e. The smallest absolute Gasteiger partial charge is 0.212 e. The zero-order valence-corrected chi connectivity index (χ0v) is 10.8. The quantitative estimate of drug-likeness (QED) is 0.800. The summed E-state index contributed by atoms with van der Waals surface area (Å²) in [7, 11) is 0. The molecule has 2 aromatic rings. The van der Waals surface area contributed by atoms with E-state index in [1.165, 1.54) is 29.1 Å². The highest BCUT2D eigenvalue weighted by molar-refractivity contribution is 6.34. The second kappa shape index (κ2) is 4.90. The number of hydrogen-bond donors (Lipinski definition) is 0. The Hall–Kier alpha value is -1.68. The van der Waals surface area contributed by atoms with Crippen molar-refractivity contribution in [1.82, 2.24) is 9.78 Å². The number of benzene rings is 1. The SMILES string of the molecule is CCn1ncc(Cl)c1C(=O)c1ccc(F)c(C)c1. The van der Waals surface area contributed by atoms with Crippen molar-refractivity contribution in [2.24, 2.45) is 0 Å². The van der Waals surface area contributed by atoms with Crippen molar-refractivity contribution in [3.05, 3.63) is 52.1 Å². The molecular weight excluding hydrogens is 255 g/mol. The monoisotopic (exact) mass is 266 g/mol. The molecule has 0 radical (unpaired) electrons. The number of rotatable bonds is 3. The molecule has 0 aliphatic carbocycles. The van der Waals surface area contributed by atoms with E-state index in [1.54, 1.807) is 6.92 Å². The summed E-state index contributed by atoms with van der Waals surface area (Å²) in [5.74, 6) is -0.580. The number of nitrogens with zero attached hydrogens (tertiary/aromatic N) is 2. The zero-order chi connectivity index (χ0) is 13.3. The summed E-state index contributed by atoms with van der Waals surface area (Å²) in [6.45, 7) is 4.04. The van der Waals surface area contributed by atoms with Gasteiger partial charge in [0.15, 0.2) is 0 Å². The summed E-state index contributed by atoms with van der Waals surface area (Å²) in [6.07, 6.45) is 1.44. The average molecular weight is 267 g/mol. The van der Waals surface area contributed by atoms with Crippen molar-refractivity contribution in [3.63, 3.8) is 0 Å². The minimum absolute atomic E-state index is 0.248. The molecule has 0 fully saturated rings. The number of ketones is 1. The summed E-state index contributed by atoms with van der Waals surface area (Å²) in [4.78, 5) is 12.3. The van der Waals surface area contributed by atoms with Crippen LogP contribution in [-0.4, -0.2) is 15.6 Å². The van der Waals surface area contributed by atoms with Gasteiger partial charge in [0.25, 0.3) is 0 Å². The zero-order valence-electron chi connectivity index (χ0n) is 10.1. The molecule has 0 aliphatic rings. The molecule has 3 nitrogen and oxygen atoms in total. The molecule has 0 saturated carbocycles. The molecule has 1 aromatic carbocycles. The van der Waals surface area contributed by atoms with E-state index >= 15 is 0 Å². The van der Waals surface area contributed by atoms with E-state index in [9.17, 15) is 9.18 Å². The van der Waals surface area contributed by atoms with Crippen LogP contribution in [0, 0.1) is 12.7 Å².